The molecule has 2 aromatic carbocycles. The van der Waals surface area contributed by atoms with E-state index in [1.807, 2.05) is 53.4 Å². The van der Waals surface area contributed by atoms with Gasteiger partial charge in [0.25, 0.3) is 0 Å². The molecule has 0 bridgehead atoms. The van der Waals surface area contributed by atoms with Gasteiger partial charge in [0, 0.05) is 38.9 Å². The van der Waals surface area contributed by atoms with Crippen LogP contribution in [0, 0.1) is 0 Å². The predicted molar refractivity (Wildman–Crippen MR) is 109 cm³/mol. The maximum atomic E-state index is 12.8. The number of methoxy groups -OCH3 is 1. The normalized spacial score (nSPS) is 14.5. The highest BCUT2D eigenvalue weighted by molar-refractivity contribution is 5.81. The van der Waals surface area contributed by atoms with Gasteiger partial charge in [-0.1, -0.05) is 12.1 Å². The number of aromatic nitrogens is 2. The number of aryl methyl sites for hydroxylation is 1. The van der Waals surface area contributed by atoms with Crippen LogP contribution < -0.4 is 15.3 Å². The molecule has 0 radical (unpaired) electrons. The van der Waals surface area contributed by atoms with E-state index in [0.717, 1.165) is 35.6 Å². The zero-order valence-electron chi connectivity index (χ0n) is 16.2. The van der Waals surface area contributed by atoms with Crippen molar-refractivity contribution in [1.82, 2.24) is 14.0 Å². The minimum Gasteiger partial charge on any atom is -0.497 e. The fourth-order valence-corrected chi connectivity index (χ4v) is 3.76. The van der Waals surface area contributed by atoms with E-state index in [9.17, 15) is 9.59 Å². The van der Waals surface area contributed by atoms with Gasteiger partial charge in [-0.05, 0) is 36.4 Å². The fourth-order valence-electron chi connectivity index (χ4n) is 3.76. The highest BCUT2D eigenvalue weighted by atomic mass is 16.5. The molecule has 4 rings (SSSR count). The molecular weight excluding hydrogens is 356 g/mol. The van der Waals surface area contributed by atoms with E-state index >= 15 is 0 Å². The number of hydrogen-bond donors (Lipinski definition) is 0. The van der Waals surface area contributed by atoms with Crippen LogP contribution in [-0.2, 0) is 18.4 Å². The highest BCUT2D eigenvalue weighted by Gasteiger charge is 2.23. The van der Waals surface area contributed by atoms with E-state index < -0.39 is 0 Å². The van der Waals surface area contributed by atoms with Gasteiger partial charge in [-0.25, -0.2) is 4.79 Å². The summed E-state index contributed by atoms with van der Waals surface area (Å²) in [7, 11) is 3.39. The Kier molecular flexibility index (Phi) is 4.81. The SMILES string of the molecule is COc1ccc(N2CCN(C(=O)Cn3c(=O)n(C)c4ccccc43)CC2)cc1. The Balaban J connectivity index is 1.43. The first-order valence-corrected chi connectivity index (χ1v) is 9.39. The summed E-state index contributed by atoms with van der Waals surface area (Å²) < 4.78 is 8.35. The van der Waals surface area contributed by atoms with E-state index in [0.29, 0.717) is 13.1 Å². The average molecular weight is 380 g/mol. The van der Waals surface area contributed by atoms with Gasteiger partial charge in [0.2, 0.25) is 5.91 Å². The summed E-state index contributed by atoms with van der Waals surface area (Å²) >= 11 is 0. The molecule has 0 N–H and O–H groups in total. The number of piperazine rings is 1. The number of carbonyl (C=O) groups is 1. The van der Waals surface area contributed by atoms with Gasteiger partial charge in [-0.3, -0.25) is 13.9 Å². The van der Waals surface area contributed by atoms with Crippen molar-refractivity contribution in [2.45, 2.75) is 6.54 Å². The van der Waals surface area contributed by atoms with Crippen molar-refractivity contribution in [1.29, 1.82) is 0 Å². The van der Waals surface area contributed by atoms with E-state index in [1.165, 1.54) is 0 Å². The molecule has 28 heavy (non-hydrogen) atoms. The van der Waals surface area contributed by atoms with Crippen LogP contribution >= 0.6 is 0 Å². The molecule has 7 heteroatoms. The molecule has 7 nitrogen and oxygen atoms in total. The Bertz CT molecular complexity index is 1040. The molecule has 1 fully saturated rings. The summed E-state index contributed by atoms with van der Waals surface area (Å²) in [4.78, 5) is 29.5. The zero-order valence-corrected chi connectivity index (χ0v) is 16.2. The molecule has 146 valence electrons. The van der Waals surface area contributed by atoms with Crippen LogP contribution in [0.1, 0.15) is 0 Å². The Hall–Kier alpha value is -3.22. The number of para-hydroxylation sites is 2. The minimum atomic E-state index is -0.161. The maximum Gasteiger partial charge on any atom is 0.329 e. The summed E-state index contributed by atoms with van der Waals surface area (Å²) in [6.07, 6.45) is 0. The third kappa shape index (κ3) is 3.24. The molecule has 1 saturated heterocycles. The molecule has 0 spiro atoms. The first kappa shape index (κ1) is 18.2. The maximum absolute atomic E-state index is 12.8. The Morgan fingerprint density at radius 2 is 1.61 bits per heavy atom. The van der Waals surface area contributed by atoms with Gasteiger partial charge in [0.05, 0.1) is 18.1 Å². The summed E-state index contributed by atoms with van der Waals surface area (Å²) in [6.45, 7) is 2.89. The topological polar surface area (TPSA) is 59.7 Å². The quantitative estimate of drug-likeness (QED) is 0.691. The van der Waals surface area contributed by atoms with Gasteiger partial charge in [0.15, 0.2) is 0 Å². The van der Waals surface area contributed by atoms with E-state index in [4.69, 9.17) is 4.74 Å². The molecule has 1 aromatic heterocycles. The van der Waals surface area contributed by atoms with Crippen LogP contribution in [-0.4, -0.2) is 53.2 Å². The summed E-state index contributed by atoms with van der Waals surface area (Å²) in [6, 6.07) is 15.5. The smallest absolute Gasteiger partial charge is 0.329 e. The first-order valence-electron chi connectivity index (χ1n) is 9.39. The Labute approximate surface area is 163 Å². The van der Waals surface area contributed by atoms with Crippen molar-refractivity contribution in [3.8, 4) is 5.75 Å². The Morgan fingerprint density at radius 3 is 2.25 bits per heavy atom. The zero-order chi connectivity index (χ0) is 19.7. The third-order valence-electron chi connectivity index (χ3n) is 5.42. The van der Waals surface area contributed by atoms with Crippen molar-refractivity contribution in [2.24, 2.45) is 7.05 Å². The molecule has 1 aliphatic heterocycles. The summed E-state index contributed by atoms with van der Waals surface area (Å²) in [5, 5.41) is 0. The second-order valence-corrected chi connectivity index (χ2v) is 6.98. The van der Waals surface area contributed by atoms with Crippen LogP contribution in [0.4, 0.5) is 5.69 Å². The van der Waals surface area contributed by atoms with Gasteiger partial charge < -0.3 is 14.5 Å². The van der Waals surface area contributed by atoms with Crippen LogP contribution in [0.5, 0.6) is 5.75 Å². The highest BCUT2D eigenvalue weighted by Crippen LogP contribution is 2.20. The van der Waals surface area contributed by atoms with Gasteiger partial charge in [0.1, 0.15) is 12.3 Å². The molecular formula is C21H24N4O3. The monoisotopic (exact) mass is 380 g/mol. The van der Waals surface area contributed by atoms with Crippen molar-refractivity contribution in [3.63, 3.8) is 0 Å². The molecule has 0 unspecified atom stereocenters. The van der Waals surface area contributed by atoms with Gasteiger partial charge in [-0.15, -0.1) is 0 Å². The van der Waals surface area contributed by atoms with E-state index in [2.05, 4.69) is 4.90 Å². The lowest BCUT2D eigenvalue weighted by Crippen LogP contribution is -2.50. The summed E-state index contributed by atoms with van der Waals surface area (Å²) in [5.41, 5.74) is 2.59. The number of benzene rings is 2. The number of anilines is 1. The molecule has 3 aromatic rings. The number of amides is 1. The second-order valence-electron chi connectivity index (χ2n) is 6.98. The lowest BCUT2D eigenvalue weighted by Gasteiger charge is -2.36. The van der Waals surface area contributed by atoms with Crippen molar-refractivity contribution in [2.75, 3.05) is 38.2 Å². The lowest BCUT2D eigenvalue weighted by atomic mass is 10.2. The lowest BCUT2D eigenvalue weighted by molar-refractivity contribution is -0.132. The fraction of sp³-hybridized carbons (Fsp3) is 0.333. The van der Waals surface area contributed by atoms with Crippen LogP contribution in [0.3, 0.4) is 0 Å². The summed E-state index contributed by atoms with van der Waals surface area (Å²) in [5.74, 6) is 0.811. The van der Waals surface area contributed by atoms with E-state index in [-0.39, 0.29) is 18.1 Å². The van der Waals surface area contributed by atoms with E-state index in [1.54, 1.807) is 23.3 Å². The van der Waals surface area contributed by atoms with Crippen LogP contribution in [0.2, 0.25) is 0 Å². The molecule has 0 saturated carbocycles. The molecule has 2 heterocycles. The number of rotatable bonds is 4. The van der Waals surface area contributed by atoms with Crippen LogP contribution in [0.25, 0.3) is 11.0 Å². The van der Waals surface area contributed by atoms with Crippen molar-refractivity contribution >= 4 is 22.6 Å². The van der Waals surface area contributed by atoms with Gasteiger partial charge >= 0.3 is 5.69 Å². The Morgan fingerprint density at radius 1 is 0.964 bits per heavy atom. The number of imidazole rings is 1. The first-order chi connectivity index (χ1) is 13.6. The minimum absolute atomic E-state index is 0.0205. The van der Waals surface area contributed by atoms with Crippen LogP contribution in [0.15, 0.2) is 53.3 Å². The van der Waals surface area contributed by atoms with Crippen molar-refractivity contribution < 1.29 is 9.53 Å². The number of hydrogen-bond acceptors (Lipinski definition) is 4. The molecule has 0 atom stereocenters. The van der Waals surface area contributed by atoms with Gasteiger partial charge in [-0.2, -0.15) is 0 Å². The standard InChI is InChI=1S/C21H24N4O3/c1-22-18-5-3-4-6-19(18)25(21(22)27)15-20(26)24-13-11-23(12-14-24)16-7-9-17(28-2)10-8-16/h3-10H,11-15H2,1-2H3. The molecule has 0 aliphatic carbocycles. The predicted octanol–water partition coefficient (Wildman–Crippen LogP) is 1.70. The number of carbonyl (C=O) groups excluding carboxylic acids is 1. The number of fused-ring (bicyclic) bond motifs is 1. The average Bonchev–Trinajstić information content (AvgIpc) is 2.99. The molecule has 1 aliphatic rings. The number of nitrogens with zero attached hydrogens (tertiary/aromatic N) is 4. The second kappa shape index (κ2) is 7.42. The largest absolute Gasteiger partial charge is 0.497 e. The third-order valence-corrected chi connectivity index (χ3v) is 5.42. The van der Waals surface area contributed by atoms with Crippen molar-refractivity contribution in [3.05, 3.63) is 59.0 Å². The molecule has 1 amide bonds. The number of ether oxygens (including phenoxy) is 1.